The minimum absolute atomic E-state index is 0.300. The van der Waals surface area contributed by atoms with Crippen LogP contribution < -0.4 is 0 Å². The van der Waals surface area contributed by atoms with Crippen molar-refractivity contribution in [3.8, 4) is 0 Å². The van der Waals surface area contributed by atoms with Gasteiger partial charge in [0.25, 0.3) is 0 Å². The first kappa shape index (κ1) is 12.0. The van der Waals surface area contributed by atoms with Crippen LogP contribution in [-0.4, -0.2) is 49.0 Å². The number of methoxy groups -OCH3 is 1. The fourth-order valence-corrected chi connectivity index (χ4v) is 2.18. The maximum Gasteiger partial charge on any atom is 0.0670 e. The van der Waals surface area contributed by atoms with E-state index in [9.17, 15) is 0 Å². The summed E-state index contributed by atoms with van der Waals surface area (Å²) < 4.78 is 5.28. The van der Waals surface area contributed by atoms with Gasteiger partial charge in [-0.2, -0.15) is 0 Å². The van der Waals surface area contributed by atoms with Crippen LogP contribution in [0.15, 0.2) is 0 Å². The standard InChI is InChI=1S/C11H23NO2/c1-10(14-2)9-12-7-4-3-5-11(12)6-8-13/h10-11,13H,3-9H2,1-2H3. The van der Waals surface area contributed by atoms with Crippen molar-refractivity contribution in [3.05, 3.63) is 0 Å². The van der Waals surface area contributed by atoms with Crippen molar-refractivity contribution in [1.82, 2.24) is 4.90 Å². The average Bonchev–Trinajstić information content (AvgIpc) is 2.21. The quantitative estimate of drug-likeness (QED) is 0.727. The van der Waals surface area contributed by atoms with Gasteiger partial charge in [-0.05, 0) is 32.7 Å². The summed E-state index contributed by atoms with van der Waals surface area (Å²) in [5.74, 6) is 0. The molecule has 0 bridgehead atoms. The smallest absolute Gasteiger partial charge is 0.0670 e. The molecule has 84 valence electrons. The van der Waals surface area contributed by atoms with E-state index in [0.29, 0.717) is 18.8 Å². The Hall–Kier alpha value is -0.120. The molecule has 1 aliphatic heterocycles. The summed E-state index contributed by atoms with van der Waals surface area (Å²) in [5, 5.41) is 8.97. The summed E-state index contributed by atoms with van der Waals surface area (Å²) in [6, 6.07) is 0.575. The fraction of sp³-hybridized carbons (Fsp3) is 1.00. The van der Waals surface area contributed by atoms with E-state index in [-0.39, 0.29) is 0 Å². The first-order valence-electron chi connectivity index (χ1n) is 5.65. The number of piperidine rings is 1. The first-order chi connectivity index (χ1) is 6.77. The minimum atomic E-state index is 0.300. The zero-order chi connectivity index (χ0) is 10.4. The lowest BCUT2D eigenvalue weighted by Crippen LogP contribution is -2.43. The van der Waals surface area contributed by atoms with Crippen LogP contribution >= 0.6 is 0 Å². The summed E-state index contributed by atoms with van der Waals surface area (Å²) in [6.45, 7) is 4.58. The maximum atomic E-state index is 8.97. The lowest BCUT2D eigenvalue weighted by atomic mass is 9.99. The first-order valence-corrected chi connectivity index (χ1v) is 5.65. The van der Waals surface area contributed by atoms with Gasteiger partial charge >= 0.3 is 0 Å². The van der Waals surface area contributed by atoms with Crippen molar-refractivity contribution in [2.75, 3.05) is 26.8 Å². The van der Waals surface area contributed by atoms with Crippen LogP contribution in [-0.2, 0) is 4.74 Å². The highest BCUT2D eigenvalue weighted by Gasteiger charge is 2.22. The van der Waals surface area contributed by atoms with Crippen molar-refractivity contribution in [2.24, 2.45) is 0 Å². The molecule has 1 N–H and O–H groups in total. The van der Waals surface area contributed by atoms with E-state index in [4.69, 9.17) is 9.84 Å². The molecular formula is C11H23NO2. The summed E-state index contributed by atoms with van der Waals surface area (Å²) in [6.07, 6.45) is 5.04. The molecule has 1 heterocycles. The van der Waals surface area contributed by atoms with E-state index >= 15 is 0 Å². The molecule has 0 aliphatic carbocycles. The SMILES string of the molecule is COC(C)CN1CCCCC1CCO. The van der Waals surface area contributed by atoms with Gasteiger partial charge in [-0.1, -0.05) is 6.42 Å². The summed E-state index contributed by atoms with van der Waals surface area (Å²) in [5.41, 5.74) is 0. The van der Waals surface area contributed by atoms with Gasteiger partial charge in [-0.15, -0.1) is 0 Å². The van der Waals surface area contributed by atoms with Crippen LogP contribution in [0.4, 0.5) is 0 Å². The van der Waals surface area contributed by atoms with Crippen LogP contribution in [0.5, 0.6) is 0 Å². The fourth-order valence-electron chi connectivity index (χ4n) is 2.18. The summed E-state index contributed by atoms with van der Waals surface area (Å²) in [7, 11) is 1.76. The molecule has 3 nitrogen and oxygen atoms in total. The number of likely N-dealkylation sites (tertiary alicyclic amines) is 1. The molecule has 0 saturated carbocycles. The third kappa shape index (κ3) is 3.56. The molecule has 1 aliphatic rings. The van der Waals surface area contributed by atoms with Crippen molar-refractivity contribution in [1.29, 1.82) is 0 Å². The monoisotopic (exact) mass is 201 g/mol. The molecule has 3 heteroatoms. The molecule has 0 radical (unpaired) electrons. The summed E-state index contributed by atoms with van der Waals surface area (Å²) in [4.78, 5) is 2.47. The normalized spacial score (nSPS) is 26.4. The molecule has 2 atom stereocenters. The number of hydrogen-bond acceptors (Lipinski definition) is 3. The molecule has 0 amide bonds. The van der Waals surface area contributed by atoms with Crippen LogP contribution in [0.25, 0.3) is 0 Å². The van der Waals surface area contributed by atoms with Crippen molar-refractivity contribution < 1.29 is 9.84 Å². The van der Waals surface area contributed by atoms with Gasteiger partial charge in [0, 0.05) is 26.3 Å². The topological polar surface area (TPSA) is 32.7 Å². The molecule has 0 spiro atoms. The Bertz CT molecular complexity index is 150. The van der Waals surface area contributed by atoms with E-state index < -0.39 is 0 Å². The number of nitrogens with zero attached hydrogens (tertiary/aromatic N) is 1. The van der Waals surface area contributed by atoms with E-state index in [1.54, 1.807) is 7.11 Å². The van der Waals surface area contributed by atoms with Gasteiger partial charge < -0.3 is 9.84 Å². The lowest BCUT2D eigenvalue weighted by Gasteiger charge is -2.36. The predicted molar refractivity (Wildman–Crippen MR) is 57.4 cm³/mol. The van der Waals surface area contributed by atoms with E-state index in [1.165, 1.54) is 25.8 Å². The molecule has 14 heavy (non-hydrogen) atoms. The van der Waals surface area contributed by atoms with Gasteiger partial charge in [0.15, 0.2) is 0 Å². The zero-order valence-corrected chi connectivity index (χ0v) is 9.41. The molecule has 1 fully saturated rings. The van der Waals surface area contributed by atoms with Crippen molar-refractivity contribution in [2.45, 2.75) is 44.8 Å². The maximum absolute atomic E-state index is 8.97. The third-order valence-corrected chi connectivity index (χ3v) is 3.11. The Morgan fingerprint density at radius 1 is 1.50 bits per heavy atom. The average molecular weight is 201 g/mol. The van der Waals surface area contributed by atoms with Crippen molar-refractivity contribution >= 4 is 0 Å². The Balaban J connectivity index is 2.37. The Labute approximate surface area is 87.1 Å². The van der Waals surface area contributed by atoms with Crippen LogP contribution in [0.1, 0.15) is 32.6 Å². The zero-order valence-electron chi connectivity index (χ0n) is 9.41. The molecule has 2 unspecified atom stereocenters. The van der Waals surface area contributed by atoms with E-state index in [2.05, 4.69) is 11.8 Å². The van der Waals surface area contributed by atoms with Gasteiger partial charge in [-0.25, -0.2) is 0 Å². The third-order valence-electron chi connectivity index (χ3n) is 3.11. The van der Waals surface area contributed by atoms with E-state index in [0.717, 1.165) is 13.0 Å². The number of aliphatic hydroxyl groups is 1. The minimum Gasteiger partial charge on any atom is -0.396 e. The summed E-state index contributed by atoms with van der Waals surface area (Å²) >= 11 is 0. The molecule has 1 saturated heterocycles. The second-order valence-corrected chi connectivity index (χ2v) is 4.20. The Morgan fingerprint density at radius 2 is 2.29 bits per heavy atom. The predicted octanol–water partition coefficient (Wildman–Crippen LogP) is 1.26. The van der Waals surface area contributed by atoms with Crippen molar-refractivity contribution in [3.63, 3.8) is 0 Å². The Morgan fingerprint density at radius 3 is 2.93 bits per heavy atom. The largest absolute Gasteiger partial charge is 0.396 e. The molecule has 1 rings (SSSR count). The van der Waals surface area contributed by atoms with Gasteiger partial charge in [0.2, 0.25) is 0 Å². The van der Waals surface area contributed by atoms with Gasteiger partial charge in [0.05, 0.1) is 6.10 Å². The lowest BCUT2D eigenvalue weighted by molar-refractivity contribution is 0.0392. The number of rotatable bonds is 5. The van der Waals surface area contributed by atoms with Gasteiger partial charge in [-0.3, -0.25) is 4.90 Å². The Kier molecular flexibility index (Phi) is 5.45. The highest BCUT2D eigenvalue weighted by atomic mass is 16.5. The molecule has 0 aromatic rings. The second-order valence-electron chi connectivity index (χ2n) is 4.20. The number of aliphatic hydroxyl groups excluding tert-OH is 1. The molecule has 0 aromatic heterocycles. The highest BCUT2D eigenvalue weighted by Crippen LogP contribution is 2.19. The highest BCUT2D eigenvalue weighted by molar-refractivity contribution is 4.77. The molecule has 0 aromatic carbocycles. The van der Waals surface area contributed by atoms with Crippen LogP contribution in [0.2, 0.25) is 0 Å². The molecular weight excluding hydrogens is 178 g/mol. The number of ether oxygens (including phenoxy) is 1. The van der Waals surface area contributed by atoms with Crippen LogP contribution in [0.3, 0.4) is 0 Å². The number of hydrogen-bond donors (Lipinski definition) is 1. The van der Waals surface area contributed by atoms with Crippen LogP contribution in [0, 0.1) is 0 Å². The van der Waals surface area contributed by atoms with E-state index in [1.807, 2.05) is 0 Å². The second kappa shape index (κ2) is 6.38. The van der Waals surface area contributed by atoms with Gasteiger partial charge in [0.1, 0.15) is 0 Å².